The fraction of sp³-hybridized carbons (Fsp3) is 0.333. The number of nitrogens with one attached hydrogen (secondary N) is 1. The van der Waals surface area contributed by atoms with E-state index in [9.17, 15) is 18.0 Å². The van der Waals surface area contributed by atoms with Gasteiger partial charge in [0.15, 0.2) is 0 Å². The second kappa shape index (κ2) is 13.5. The predicted octanol–water partition coefficient (Wildman–Crippen LogP) is 6.14. The molecule has 0 aromatic heterocycles. The summed E-state index contributed by atoms with van der Waals surface area (Å²) in [4.78, 5) is 28.8. The van der Waals surface area contributed by atoms with Crippen LogP contribution >= 0.6 is 23.2 Å². The SMILES string of the molecule is CC[C@H](C(=O)NC(C)C)N(Cc1ccc(Cl)cc1)C(=O)CN(c1cccc(Cl)c1C)S(=O)(=O)c1ccc(C)cc1. The zero-order valence-corrected chi connectivity index (χ0v) is 25.6. The van der Waals surface area contributed by atoms with Crippen molar-refractivity contribution in [3.05, 3.63) is 93.5 Å². The van der Waals surface area contributed by atoms with Crippen molar-refractivity contribution in [3.63, 3.8) is 0 Å². The van der Waals surface area contributed by atoms with Gasteiger partial charge in [-0.3, -0.25) is 13.9 Å². The third kappa shape index (κ3) is 7.56. The Morgan fingerprint density at radius 1 is 0.925 bits per heavy atom. The van der Waals surface area contributed by atoms with Crippen molar-refractivity contribution in [2.75, 3.05) is 10.8 Å². The number of carbonyl (C=O) groups is 2. The number of anilines is 1. The summed E-state index contributed by atoms with van der Waals surface area (Å²) in [6, 6.07) is 17.4. The molecule has 0 fully saturated rings. The molecule has 2 amide bonds. The maximum Gasteiger partial charge on any atom is 0.264 e. The molecule has 0 aliphatic carbocycles. The molecule has 0 bridgehead atoms. The largest absolute Gasteiger partial charge is 0.352 e. The number of sulfonamides is 1. The van der Waals surface area contributed by atoms with Crippen LogP contribution in [0.3, 0.4) is 0 Å². The van der Waals surface area contributed by atoms with E-state index < -0.39 is 28.5 Å². The quantitative estimate of drug-likeness (QED) is 0.285. The predicted molar refractivity (Wildman–Crippen MR) is 161 cm³/mol. The Morgan fingerprint density at radius 3 is 2.12 bits per heavy atom. The van der Waals surface area contributed by atoms with Crippen molar-refractivity contribution in [2.45, 2.75) is 64.6 Å². The Labute approximate surface area is 247 Å². The lowest BCUT2D eigenvalue weighted by molar-refractivity contribution is -0.140. The van der Waals surface area contributed by atoms with Gasteiger partial charge in [-0.1, -0.05) is 66.0 Å². The zero-order chi connectivity index (χ0) is 29.6. The maximum atomic E-state index is 14.1. The minimum Gasteiger partial charge on any atom is -0.352 e. The summed E-state index contributed by atoms with van der Waals surface area (Å²) < 4.78 is 29.1. The molecule has 1 atom stereocenters. The molecule has 0 aliphatic rings. The molecule has 3 aromatic rings. The second-order valence-corrected chi connectivity index (χ2v) is 12.7. The average Bonchev–Trinajstić information content (AvgIpc) is 2.89. The van der Waals surface area contributed by atoms with Crippen molar-refractivity contribution >= 4 is 50.7 Å². The third-order valence-corrected chi connectivity index (χ3v) is 8.91. The van der Waals surface area contributed by atoms with Gasteiger partial charge in [0.1, 0.15) is 12.6 Å². The normalized spacial score (nSPS) is 12.2. The van der Waals surface area contributed by atoms with Gasteiger partial charge < -0.3 is 10.2 Å². The summed E-state index contributed by atoms with van der Waals surface area (Å²) in [5.74, 6) is -0.845. The molecule has 7 nitrogen and oxygen atoms in total. The number of carbonyl (C=O) groups excluding carboxylic acids is 2. The van der Waals surface area contributed by atoms with E-state index in [1.54, 1.807) is 61.5 Å². The number of nitrogens with zero attached hydrogens (tertiary/aromatic N) is 2. The highest BCUT2D eigenvalue weighted by molar-refractivity contribution is 7.92. The van der Waals surface area contributed by atoms with Crippen LogP contribution in [0.15, 0.2) is 71.6 Å². The molecule has 0 saturated heterocycles. The Morgan fingerprint density at radius 2 is 1.55 bits per heavy atom. The Kier molecular flexibility index (Phi) is 10.6. The average molecular weight is 605 g/mol. The number of aryl methyl sites for hydroxylation is 1. The molecule has 0 aliphatic heterocycles. The van der Waals surface area contributed by atoms with E-state index in [-0.39, 0.29) is 29.1 Å². The number of amides is 2. The lowest BCUT2D eigenvalue weighted by Crippen LogP contribution is -2.53. The summed E-state index contributed by atoms with van der Waals surface area (Å²) in [5.41, 5.74) is 2.45. The van der Waals surface area contributed by atoms with Gasteiger partial charge in [0, 0.05) is 22.6 Å². The molecular weight excluding hydrogens is 569 g/mol. The molecule has 0 saturated carbocycles. The number of hydrogen-bond acceptors (Lipinski definition) is 4. The van der Waals surface area contributed by atoms with Crippen LogP contribution in [0, 0.1) is 13.8 Å². The van der Waals surface area contributed by atoms with Gasteiger partial charge in [0.25, 0.3) is 10.0 Å². The standard InChI is InChI=1S/C30H35Cl2N3O4S/c1-6-27(30(37)33-20(2)3)34(18-23-12-14-24(31)15-13-23)29(36)19-35(28-9-7-8-26(32)22(28)5)40(38,39)25-16-10-21(4)11-17-25/h7-17,20,27H,6,18-19H2,1-5H3,(H,33,37)/t27-/m1/s1. The van der Waals surface area contributed by atoms with Crippen LogP contribution in [0.5, 0.6) is 0 Å². The van der Waals surface area contributed by atoms with Crippen LogP contribution in [-0.2, 0) is 26.2 Å². The number of rotatable bonds is 11. The highest BCUT2D eigenvalue weighted by atomic mass is 35.5. The van der Waals surface area contributed by atoms with Crippen LogP contribution in [0.2, 0.25) is 10.0 Å². The Balaban J connectivity index is 2.10. The fourth-order valence-corrected chi connectivity index (χ4v) is 6.07. The van der Waals surface area contributed by atoms with Crippen LogP contribution in [0.25, 0.3) is 0 Å². The van der Waals surface area contributed by atoms with Crippen LogP contribution < -0.4 is 9.62 Å². The zero-order valence-electron chi connectivity index (χ0n) is 23.3. The smallest absolute Gasteiger partial charge is 0.264 e. The van der Waals surface area contributed by atoms with Gasteiger partial charge in [-0.15, -0.1) is 0 Å². The first kappa shape index (κ1) is 31.5. The van der Waals surface area contributed by atoms with Gasteiger partial charge >= 0.3 is 0 Å². The van der Waals surface area contributed by atoms with Crippen LogP contribution in [0.1, 0.15) is 43.9 Å². The molecule has 0 spiro atoms. The number of hydrogen-bond donors (Lipinski definition) is 1. The minimum atomic E-state index is -4.18. The second-order valence-electron chi connectivity index (χ2n) is 9.94. The maximum absolute atomic E-state index is 14.1. The van der Waals surface area contributed by atoms with Gasteiger partial charge in [0.2, 0.25) is 11.8 Å². The molecule has 0 heterocycles. The summed E-state index contributed by atoms with van der Waals surface area (Å²) in [5, 5.41) is 3.79. The summed E-state index contributed by atoms with van der Waals surface area (Å²) in [6.45, 7) is 8.62. The van der Waals surface area contributed by atoms with Crippen LogP contribution in [-0.4, -0.2) is 43.8 Å². The molecular formula is C30H35Cl2N3O4S. The lowest BCUT2D eigenvalue weighted by atomic mass is 10.1. The molecule has 0 unspecified atom stereocenters. The molecule has 1 N–H and O–H groups in total. The van der Waals surface area contributed by atoms with Crippen molar-refractivity contribution in [1.29, 1.82) is 0 Å². The van der Waals surface area contributed by atoms with Gasteiger partial charge in [-0.2, -0.15) is 0 Å². The number of benzene rings is 3. The fourth-order valence-electron chi connectivity index (χ4n) is 4.30. The van der Waals surface area contributed by atoms with Gasteiger partial charge in [0.05, 0.1) is 10.6 Å². The Bertz CT molecular complexity index is 1440. The third-order valence-electron chi connectivity index (χ3n) is 6.48. The molecule has 40 heavy (non-hydrogen) atoms. The highest BCUT2D eigenvalue weighted by Crippen LogP contribution is 2.31. The summed E-state index contributed by atoms with van der Waals surface area (Å²) in [7, 11) is -4.18. The van der Waals surface area contributed by atoms with Crippen molar-refractivity contribution in [2.24, 2.45) is 0 Å². The molecule has 10 heteroatoms. The minimum absolute atomic E-state index is 0.0409. The molecule has 3 rings (SSSR count). The first-order chi connectivity index (χ1) is 18.8. The monoisotopic (exact) mass is 603 g/mol. The topological polar surface area (TPSA) is 86.8 Å². The van der Waals surface area contributed by atoms with Gasteiger partial charge in [-0.25, -0.2) is 8.42 Å². The summed E-state index contributed by atoms with van der Waals surface area (Å²) >= 11 is 12.4. The van der Waals surface area contributed by atoms with Crippen molar-refractivity contribution < 1.29 is 18.0 Å². The van der Waals surface area contributed by atoms with E-state index in [0.717, 1.165) is 15.4 Å². The summed E-state index contributed by atoms with van der Waals surface area (Å²) in [6.07, 6.45) is 0.332. The number of halogens is 2. The van der Waals surface area contributed by atoms with Crippen molar-refractivity contribution in [3.8, 4) is 0 Å². The van der Waals surface area contributed by atoms with E-state index in [1.807, 2.05) is 27.7 Å². The van der Waals surface area contributed by atoms with E-state index >= 15 is 0 Å². The first-order valence-corrected chi connectivity index (χ1v) is 15.2. The Hall–Kier alpha value is -3.07. The highest BCUT2D eigenvalue weighted by Gasteiger charge is 2.34. The van der Waals surface area contributed by atoms with E-state index in [0.29, 0.717) is 22.0 Å². The first-order valence-electron chi connectivity index (χ1n) is 13.0. The van der Waals surface area contributed by atoms with E-state index in [1.165, 1.54) is 17.0 Å². The van der Waals surface area contributed by atoms with E-state index in [4.69, 9.17) is 23.2 Å². The van der Waals surface area contributed by atoms with Gasteiger partial charge in [-0.05, 0) is 81.6 Å². The van der Waals surface area contributed by atoms with E-state index in [2.05, 4.69) is 5.32 Å². The molecule has 3 aromatic carbocycles. The van der Waals surface area contributed by atoms with Crippen molar-refractivity contribution in [1.82, 2.24) is 10.2 Å². The molecule has 0 radical (unpaired) electrons. The molecule has 214 valence electrons. The lowest BCUT2D eigenvalue weighted by Gasteiger charge is -2.34. The van der Waals surface area contributed by atoms with Crippen LogP contribution in [0.4, 0.5) is 5.69 Å².